The number of carbonyl (C=O) groups excluding carboxylic acids is 1. The lowest BCUT2D eigenvalue weighted by atomic mass is 9.71. The van der Waals surface area contributed by atoms with Crippen molar-refractivity contribution in [1.29, 1.82) is 0 Å². The summed E-state index contributed by atoms with van der Waals surface area (Å²) in [4.78, 5) is 27.4. The number of amides is 1. The fourth-order valence-electron chi connectivity index (χ4n) is 2.65. The fraction of sp³-hybridized carbons (Fsp3) is 0.692. The number of carbonyl (C=O) groups is 2. The van der Waals surface area contributed by atoms with E-state index in [2.05, 4.69) is 15.5 Å². The number of hydrogen-bond donors (Lipinski definition) is 2. The van der Waals surface area contributed by atoms with E-state index < -0.39 is 11.4 Å². The van der Waals surface area contributed by atoms with E-state index in [4.69, 9.17) is 4.52 Å². The molecule has 0 radical (unpaired) electrons. The molecule has 2 rings (SSSR count). The third-order valence-corrected chi connectivity index (χ3v) is 3.77. The fourth-order valence-corrected chi connectivity index (χ4v) is 2.65. The molecule has 1 amide bonds. The number of carboxylic acids is 1. The number of hydrogen-bond acceptors (Lipinski definition) is 5. The van der Waals surface area contributed by atoms with Crippen molar-refractivity contribution in [2.75, 3.05) is 0 Å². The predicted octanol–water partition coefficient (Wildman–Crippen LogP) is 1.42. The van der Waals surface area contributed by atoms with Crippen LogP contribution in [0.25, 0.3) is 0 Å². The second kappa shape index (κ2) is 6.02. The van der Waals surface area contributed by atoms with E-state index in [1.807, 2.05) is 0 Å². The molecule has 1 aromatic heterocycles. The molecule has 0 aliphatic heterocycles. The average molecular weight is 281 g/mol. The SMILES string of the molecule is Cc1noc(CNC(=O)CC2(C(=O)O)CCCCC2)n1. The average Bonchev–Trinajstić information content (AvgIpc) is 2.83. The Morgan fingerprint density at radius 2 is 2.05 bits per heavy atom. The van der Waals surface area contributed by atoms with Crippen LogP contribution >= 0.6 is 0 Å². The topological polar surface area (TPSA) is 105 Å². The Kier molecular flexibility index (Phi) is 4.36. The first-order valence-electron chi connectivity index (χ1n) is 6.81. The molecule has 0 aromatic carbocycles. The Balaban J connectivity index is 1.90. The van der Waals surface area contributed by atoms with E-state index in [1.54, 1.807) is 6.92 Å². The number of nitrogens with zero attached hydrogens (tertiary/aromatic N) is 2. The van der Waals surface area contributed by atoms with Gasteiger partial charge in [0.2, 0.25) is 11.8 Å². The summed E-state index contributed by atoms with van der Waals surface area (Å²) in [5.41, 5.74) is -0.910. The maximum absolute atomic E-state index is 11.9. The highest BCUT2D eigenvalue weighted by atomic mass is 16.5. The Morgan fingerprint density at radius 3 is 2.60 bits per heavy atom. The molecule has 1 fully saturated rings. The summed E-state index contributed by atoms with van der Waals surface area (Å²) in [6.45, 7) is 1.83. The van der Waals surface area contributed by atoms with Gasteiger partial charge >= 0.3 is 5.97 Å². The number of carboxylic acid groups (broad SMARTS) is 1. The van der Waals surface area contributed by atoms with Crippen molar-refractivity contribution in [3.63, 3.8) is 0 Å². The van der Waals surface area contributed by atoms with Crippen molar-refractivity contribution in [2.45, 2.75) is 52.0 Å². The highest BCUT2D eigenvalue weighted by Gasteiger charge is 2.41. The first-order valence-corrected chi connectivity index (χ1v) is 6.81. The summed E-state index contributed by atoms with van der Waals surface area (Å²) in [6.07, 6.45) is 3.91. The van der Waals surface area contributed by atoms with Crippen molar-refractivity contribution in [3.05, 3.63) is 11.7 Å². The lowest BCUT2D eigenvalue weighted by Gasteiger charge is -2.32. The van der Waals surface area contributed by atoms with Crippen LogP contribution in [0.4, 0.5) is 0 Å². The molecule has 7 nitrogen and oxygen atoms in total. The molecule has 20 heavy (non-hydrogen) atoms. The van der Waals surface area contributed by atoms with Gasteiger partial charge in [-0.25, -0.2) is 0 Å². The largest absolute Gasteiger partial charge is 0.481 e. The van der Waals surface area contributed by atoms with Gasteiger partial charge in [-0.15, -0.1) is 0 Å². The van der Waals surface area contributed by atoms with Gasteiger partial charge in [0.05, 0.1) is 12.0 Å². The van der Waals surface area contributed by atoms with Gasteiger partial charge in [-0.3, -0.25) is 9.59 Å². The molecular weight excluding hydrogens is 262 g/mol. The third kappa shape index (κ3) is 3.34. The minimum absolute atomic E-state index is 0.00938. The number of rotatable bonds is 5. The molecule has 0 atom stereocenters. The molecule has 1 saturated carbocycles. The van der Waals surface area contributed by atoms with E-state index >= 15 is 0 Å². The van der Waals surface area contributed by atoms with E-state index in [9.17, 15) is 14.7 Å². The van der Waals surface area contributed by atoms with Gasteiger partial charge in [-0.1, -0.05) is 24.4 Å². The number of aryl methyl sites for hydroxylation is 1. The zero-order valence-electron chi connectivity index (χ0n) is 11.5. The maximum atomic E-state index is 11.9. The highest BCUT2D eigenvalue weighted by Crippen LogP contribution is 2.39. The summed E-state index contributed by atoms with van der Waals surface area (Å²) in [7, 11) is 0. The van der Waals surface area contributed by atoms with Crippen LogP contribution in [0.1, 0.15) is 50.2 Å². The second-order valence-electron chi connectivity index (χ2n) is 5.33. The molecule has 0 bridgehead atoms. The summed E-state index contributed by atoms with van der Waals surface area (Å²) >= 11 is 0. The van der Waals surface area contributed by atoms with Gasteiger partial charge < -0.3 is 14.9 Å². The molecule has 0 unspecified atom stereocenters. The molecule has 1 aliphatic carbocycles. The molecule has 0 saturated heterocycles. The summed E-state index contributed by atoms with van der Waals surface area (Å²) in [5.74, 6) is -0.335. The summed E-state index contributed by atoms with van der Waals surface area (Å²) < 4.78 is 4.89. The molecule has 1 heterocycles. The lowest BCUT2D eigenvalue weighted by Crippen LogP contribution is -2.39. The number of nitrogens with one attached hydrogen (secondary N) is 1. The van der Waals surface area contributed by atoms with Crippen LogP contribution in [0.5, 0.6) is 0 Å². The summed E-state index contributed by atoms with van der Waals surface area (Å²) in [6, 6.07) is 0. The predicted molar refractivity (Wildman–Crippen MR) is 68.7 cm³/mol. The summed E-state index contributed by atoms with van der Waals surface area (Å²) in [5, 5.41) is 15.7. The van der Waals surface area contributed by atoms with Gasteiger partial charge in [-0.05, 0) is 19.8 Å². The zero-order chi connectivity index (χ0) is 14.6. The monoisotopic (exact) mass is 281 g/mol. The van der Waals surface area contributed by atoms with Gasteiger partial charge in [0.15, 0.2) is 5.82 Å². The van der Waals surface area contributed by atoms with E-state index in [0.29, 0.717) is 24.6 Å². The number of aromatic nitrogens is 2. The lowest BCUT2D eigenvalue weighted by molar-refractivity contribution is -0.154. The van der Waals surface area contributed by atoms with Gasteiger partial charge in [0.25, 0.3) is 0 Å². The van der Waals surface area contributed by atoms with Crippen LogP contribution in [0, 0.1) is 12.3 Å². The normalized spacial score (nSPS) is 17.6. The van der Waals surface area contributed by atoms with Crippen molar-refractivity contribution in [2.24, 2.45) is 5.41 Å². The minimum atomic E-state index is -0.910. The smallest absolute Gasteiger partial charge is 0.310 e. The molecule has 7 heteroatoms. The highest BCUT2D eigenvalue weighted by molar-refractivity contribution is 5.85. The first kappa shape index (κ1) is 14.5. The maximum Gasteiger partial charge on any atom is 0.310 e. The Morgan fingerprint density at radius 1 is 1.35 bits per heavy atom. The van der Waals surface area contributed by atoms with Crippen molar-refractivity contribution in [1.82, 2.24) is 15.5 Å². The van der Waals surface area contributed by atoms with Crippen LogP contribution < -0.4 is 5.32 Å². The Hall–Kier alpha value is -1.92. The van der Waals surface area contributed by atoms with E-state index in [-0.39, 0.29) is 18.9 Å². The van der Waals surface area contributed by atoms with Crippen molar-refractivity contribution < 1.29 is 19.2 Å². The third-order valence-electron chi connectivity index (χ3n) is 3.77. The molecule has 1 aliphatic rings. The van der Waals surface area contributed by atoms with Gasteiger partial charge in [-0.2, -0.15) is 4.98 Å². The van der Waals surface area contributed by atoms with Gasteiger partial charge in [0, 0.05) is 6.42 Å². The zero-order valence-corrected chi connectivity index (χ0v) is 11.5. The van der Waals surface area contributed by atoms with Crippen LogP contribution in [0.2, 0.25) is 0 Å². The molecule has 2 N–H and O–H groups in total. The molecule has 0 spiro atoms. The van der Waals surface area contributed by atoms with Crippen LogP contribution in [-0.4, -0.2) is 27.1 Å². The Bertz CT molecular complexity index is 492. The van der Waals surface area contributed by atoms with Crippen LogP contribution in [0.3, 0.4) is 0 Å². The second-order valence-corrected chi connectivity index (χ2v) is 5.33. The standard InChI is InChI=1S/C13H19N3O4/c1-9-15-11(20-16-9)8-14-10(17)7-13(12(18)19)5-3-2-4-6-13/h2-8H2,1H3,(H,14,17)(H,18,19). The van der Waals surface area contributed by atoms with Crippen LogP contribution in [-0.2, 0) is 16.1 Å². The van der Waals surface area contributed by atoms with Gasteiger partial charge in [0.1, 0.15) is 0 Å². The quantitative estimate of drug-likeness (QED) is 0.845. The van der Waals surface area contributed by atoms with Crippen molar-refractivity contribution >= 4 is 11.9 Å². The Labute approximate surface area is 116 Å². The van der Waals surface area contributed by atoms with E-state index in [1.165, 1.54) is 0 Å². The molecular formula is C13H19N3O4. The van der Waals surface area contributed by atoms with Crippen LogP contribution in [0.15, 0.2) is 4.52 Å². The number of aliphatic carboxylic acids is 1. The molecule has 110 valence electrons. The minimum Gasteiger partial charge on any atom is -0.481 e. The first-order chi connectivity index (χ1) is 9.52. The molecule has 1 aromatic rings. The van der Waals surface area contributed by atoms with Crippen molar-refractivity contribution in [3.8, 4) is 0 Å². The van der Waals surface area contributed by atoms with E-state index in [0.717, 1.165) is 19.3 Å².